The lowest BCUT2D eigenvalue weighted by Gasteiger charge is -2.32. The van der Waals surface area contributed by atoms with Crippen LogP contribution >= 0.6 is 11.8 Å². The van der Waals surface area contributed by atoms with Gasteiger partial charge in [-0.15, -0.1) is 0 Å². The average Bonchev–Trinajstić information content (AvgIpc) is 3.75. The van der Waals surface area contributed by atoms with Crippen LogP contribution in [0, 0.1) is 29.1 Å². The van der Waals surface area contributed by atoms with Crippen LogP contribution in [-0.2, 0) is 4.79 Å². The lowest BCUT2D eigenvalue weighted by Crippen LogP contribution is -2.50. The number of halogens is 1. The number of carbonyl (C=O) groups excluding carboxylic acids is 1. The first-order valence-electron chi connectivity index (χ1n) is 12.7. The first kappa shape index (κ1) is 26.9. The number of thioether (sulfide) groups is 1. The normalized spacial score (nSPS) is 23.9. The van der Waals surface area contributed by atoms with E-state index in [1.807, 2.05) is 0 Å². The number of aromatic nitrogens is 1. The maximum absolute atomic E-state index is 14.9. The minimum absolute atomic E-state index is 0.124. The molecular formula is C27H36FN7OS. The summed E-state index contributed by atoms with van der Waals surface area (Å²) in [5.41, 5.74) is 15.5. The highest BCUT2D eigenvalue weighted by atomic mass is 32.2. The van der Waals surface area contributed by atoms with E-state index in [1.165, 1.54) is 17.8 Å². The zero-order chi connectivity index (χ0) is 26.7. The van der Waals surface area contributed by atoms with Crippen molar-refractivity contribution in [2.75, 3.05) is 23.9 Å². The van der Waals surface area contributed by atoms with E-state index in [-0.39, 0.29) is 28.9 Å². The average molecular weight is 526 g/mol. The Kier molecular flexibility index (Phi) is 8.36. The molecule has 0 radical (unpaired) electrons. The molecule has 3 aliphatic rings. The van der Waals surface area contributed by atoms with Gasteiger partial charge in [0.2, 0.25) is 11.9 Å². The van der Waals surface area contributed by atoms with Crippen molar-refractivity contribution in [1.29, 1.82) is 5.41 Å². The summed E-state index contributed by atoms with van der Waals surface area (Å²) in [6.45, 7) is 3.85. The van der Waals surface area contributed by atoms with Crippen LogP contribution < -0.4 is 22.1 Å². The number of nitrogens with two attached hydrogens (primary N) is 2. The summed E-state index contributed by atoms with van der Waals surface area (Å²) < 4.78 is 14.9. The number of nitrogens with one attached hydrogen (secondary N) is 3. The minimum Gasteiger partial charge on any atom is -0.405 e. The van der Waals surface area contributed by atoms with Crippen molar-refractivity contribution in [3.8, 4) is 0 Å². The number of pyridine rings is 1. The van der Waals surface area contributed by atoms with Gasteiger partial charge in [0.25, 0.3) is 0 Å². The summed E-state index contributed by atoms with van der Waals surface area (Å²) in [5, 5.41) is 14.2. The minimum atomic E-state index is -0.780. The van der Waals surface area contributed by atoms with Crippen LogP contribution in [0.2, 0.25) is 0 Å². The second-order valence-electron chi connectivity index (χ2n) is 9.93. The molecule has 8 nitrogen and oxygen atoms in total. The van der Waals surface area contributed by atoms with Crippen molar-refractivity contribution in [2.45, 2.75) is 45.6 Å². The molecule has 0 bridgehead atoms. The van der Waals surface area contributed by atoms with E-state index in [4.69, 9.17) is 21.9 Å². The third-order valence-electron chi connectivity index (χ3n) is 7.08. The highest BCUT2D eigenvalue weighted by molar-refractivity contribution is 7.98. The Hall–Kier alpha value is -3.14. The van der Waals surface area contributed by atoms with E-state index in [2.05, 4.69) is 21.9 Å². The van der Waals surface area contributed by atoms with Crippen LogP contribution in [0.5, 0.6) is 0 Å². The molecular weight excluding hydrogens is 489 g/mol. The van der Waals surface area contributed by atoms with Gasteiger partial charge in [0, 0.05) is 29.1 Å². The maximum Gasteiger partial charge on any atom is 0.248 e. The van der Waals surface area contributed by atoms with Gasteiger partial charge in [-0.25, -0.2) is 4.98 Å². The topological polar surface area (TPSA) is 142 Å². The maximum atomic E-state index is 14.9. The van der Waals surface area contributed by atoms with Crippen molar-refractivity contribution in [1.82, 2.24) is 10.3 Å². The summed E-state index contributed by atoms with van der Waals surface area (Å²) in [6, 6.07) is 2.58. The second-order valence-corrected chi connectivity index (χ2v) is 10.9. The molecule has 4 rings (SSSR count). The molecule has 1 amide bonds. The number of aliphatic imine (C=N–C) groups is 1. The van der Waals surface area contributed by atoms with Gasteiger partial charge in [0.15, 0.2) is 0 Å². The Balaban J connectivity index is 1.56. The Morgan fingerprint density at radius 1 is 1.38 bits per heavy atom. The third kappa shape index (κ3) is 6.06. The van der Waals surface area contributed by atoms with E-state index in [1.54, 1.807) is 37.8 Å². The third-order valence-corrected chi connectivity index (χ3v) is 7.78. The molecule has 2 unspecified atom stereocenters. The largest absolute Gasteiger partial charge is 0.405 e. The molecule has 1 aromatic heterocycles. The van der Waals surface area contributed by atoms with Crippen molar-refractivity contribution in [2.24, 2.45) is 34.2 Å². The van der Waals surface area contributed by atoms with Gasteiger partial charge < -0.3 is 27.5 Å². The van der Waals surface area contributed by atoms with Gasteiger partial charge in [0.1, 0.15) is 11.9 Å². The predicted molar refractivity (Wildman–Crippen MR) is 150 cm³/mol. The zero-order valence-corrected chi connectivity index (χ0v) is 22.4. The Bertz CT molecular complexity index is 1200. The van der Waals surface area contributed by atoms with Gasteiger partial charge >= 0.3 is 0 Å². The standard InChI is InChI=1S/C27H36FN7OS/c1-14(30)22(15(2)31)17-7-8-21(33-26(17)28)34-27(36)25-23(16-5-6-16)18-13-19(18)24(35-25)20(9-10-29)32-11-4-12-37-3/h7-10,16,18,23,25,30,35H,4-6,11-13,29,31H2,1-3H3,(H,33,34,36)/t18?,23?,25-/m0/s1. The molecule has 1 aliphatic heterocycles. The van der Waals surface area contributed by atoms with Crippen molar-refractivity contribution < 1.29 is 9.18 Å². The highest BCUT2D eigenvalue weighted by Crippen LogP contribution is 2.57. The number of rotatable bonds is 11. The number of carbonyl (C=O) groups is 1. The fourth-order valence-electron chi connectivity index (χ4n) is 5.29. The van der Waals surface area contributed by atoms with Crippen LogP contribution in [0.1, 0.15) is 45.1 Å². The van der Waals surface area contributed by atoms with Crippen molar-refractivity contribution in [3.05, 3.63) is 52.9 Å². The lowest BCUT2D eigenvalue weighted by atomic mass is 9.85. The first-order valence-corrected chi connectivity index (χ1v) is 14.1. The van der Waals surface area contributed by atoms with Crippen LogP contribution in [0.4, 0.5) is 10.2 Å². The first-order chi connectivity index (χ1) is 17.8. The van der Waals surface area contributed by atoms with Gasteiger partial charge in [-0.2, -0.15) is 16.2 Å². The summed E-state index contributed by atoms with van der Waals surface area (Å²) in [7, 11) is 0. The smallest absolute Gasteiger partial charge is 0.248 e. The van der Waals surface area contributed by atoms with Crippen LogP contribution in [0.25, 0.3) is 5.57 Å². The monoisotopic (exact) mass is 525 g/mol. The fraction of sp³-hybridized carbons (Fsp3) is 0.481. The van der Waals surface area contributed by atoms with Gasteiger partial charge in [-0.1, -0.05) is 0 Å². The summed E-state index contributed by atoms with van der Waals surface area (Å²) >= 11 is 1.79. The van der Waals surface area contributed by atoms with Crippen LogP contribution in [0.3, 0.4) is 0 Å². The molecule has 0 spiro atoms. The van der Waals surface area contributed by atoms with Gasteiger partial charge in [-0.3, -0.25) is 9.79 Å². The van der Waals surface area contributed by atoms with Crippen molar-refractivity contribution in [3.63, 3.8) is 0 Å². The Labute approximate surface area is 221 Å². The second kappa shape index (κ2) is 11.5. The number of fused-ring (bicyclic) bond motifs is 1. The number of hydrogen-bond acceptors (Lipinski definition) is 8. The molecule has 37 heavy (non-hydrogen) atoms. The quantitative estimate of drug-likeness (QED) is 0.169. The molecule has 7 N–H and O–H groups in total. The summed E-state index contributed by atoms with van der Waals surface area (Å²) in [6.07, 6.45) is 9.51. The van der Waals surface area contributed by atoms with E-state index in [0.717, 1.165) is 42.8 Å². The SMILES string of the molecule is CSCCCN=C(C=CN)C1=C2CC2C(C2CC2)[C@@H](C(=O)Nc2ccc(C(C(C)=N)=C(C)N)c(F)n2)N1. The Morgan fingerprint density at radius 2 is 2.14 bits per heavy atom. The molecule has 2 saturated carbocycles. The molecule has 198 valence electrons. The predicted octanol–water partition coefficient (Wildman–Crippen LogP) is 3.83. The highest BCUT2D eigenvalue weighted by Gasteiger charge is 2.55. The lowest BCUT2D eigenvalue weighted by molar-refractivity contribution is -0.119. The molecule has 3 atom stereocenters. The van der Waals surface area contributed by atoms with E-state index in [9.17, 15) is 9.18 Å². The fourth-order valence-corrected chi connectivity index (χ4v) is 5.71. The molecule has 2 aliphatic carbocycles. The molecule has 0 aromatic carbocycles. The Morgan fingerprint density at radius 3 is 2.73 bits per heavy atom. The molecule has 10 heteroatoms. The van der Waals surface area contributed by atoms with Crippen LogP contribution in [-0.4, -0.2) is 46.9 Å². The van der Waals surface area contributed by atoms with Gasteiger partial charge in [-0.05, 0) is 99.3 Å². The summed E-state index contributed by atoms with van der Waals surface area (Å²) in [4.78, 5) is 22.3. The van der Waals surface area contributed by atoms with E-state index >= 15 is 0 Å². The number of anilines is 1. The van der Waals surface area contributed by atoms with E-state index < -0.39 is 12.0 Å². The molecule has 2 fully saturated rings. The molecule has 2 heterocycles. The van der Waals surface area contributed by atoms with Crippen LogP contribution in [0.15, 0.2) is 46.4 Å². The molecule has 0 saturated heterocycles. The number of allylic oxidation sites excluding steroid dienone is 4. The van der Waals surface area contributed by atoms with Crippen molar-refractivity contribution >= 4 is 40.5 Å². The van der Waals surface area contributed by atoms with Gasteiger partial charge in [0.05, 0.1) is 11.4 Å². The van der Waals surface area contributed by atoms with E-state index in [0.29, 0.717) is 29.7 Å². The number of nitrogens with zero attached hydrogens (tertiary/aromatic N) is 2. The number of hydrogen-bond donors (Lipinski definition) is 5. The summed E-state index contributed by atoms with van der Waals surface area (Å²) in [5.74, 6) is 1.18. The number of amides is 1. The zero-order valence-electron chi connectivity index (χ0n) is 21.6. The molecule has 1 aromatic rings.